The van der Waals surface area contributed by atoms with Gasteiger partial charge in [0, 0.05) is 21.7 Å². The Morgan fingerprint density at radius 1 is 1.21 bits per heavy atom. The SMILES string of the molecule is Cc1csc(Sc2ccc(NC(=O)Cn3c(=O)cnc4ccccc43)c(C)c2)n1. The van der Waals surface area contributed by atoms with Crippen molar-refractivity contribution in [3.8, 4) is 0 Å². The summed E-state index contributed by atoms with van der Waals surface area (Å²) in [6, 6.07) is 13.1. The first-order chi connectivity index (χ1) is 14.0. The number of nitrogens with zero attached hydrogens (tertiary/aromatic N) is 3. The van der Waals surface area contributed by atoms with E-state index in [4.69, 9.17) is 0 Å². The number of fused-ring (bicyclic) bond motifs is 1. The molecule has 4 rings (SSSR count). The molecule has 0 spiro atoms. The summed E-state index contributed by atoms with van der Waals surface area (Å²) in [5.41, 5.74) is 3.69. The maximum Gasteiger partial charge on any atom is 0.269 e. The van der Waals surface area contributed by atoms with Gasteiger partial charge in [-0.2, -0.15) is 0 Å². The topological polar surface area (TPSA) is 76.9 Å². The van der Waals surface area contributed by atoms with E-state index in [-0.39, 0.29) is 18.0 Å². The molecule has 0 saturated heterocycles. The van der Waals surface area contributed by atoms with Gasteiger partial charge in [0.2, 0.25) is 5.91 Å². The van der Waals surface area contributed by atoms with Gasteiger partial charge >= 0.3 is 0 Å². The number of hydrogen-bond acceptors (Lipinski definition) is 6. The number of para-hydroxylation sites is 2. The molecular weight excluding hydrogens is 404 g/mol. The molecule has 0 radical (unpaired) electrons. The van der Waals surface area contributed by atoms with Crippen LogP contribution in [0.3, 0.4) is 0 Å². The number of hydrogen-bond donors (Lipinski definition) is 1. The number of nitrogens with one attached hydrogen (secondary N) is 1. The fourth-order valence-electron chi connectivity index (χ4n) is 2.93. The van der Waals surface area contributed by atoms with Crippen molar-refractivity contribution in [2.75, 3.05) is 5.32 Å². The van der Waals surface area contributed by atoms with Gasteiger partial charge in [-0.15, -0.1) is 11.3 Å². The summed E-state index contributed by atoms with van der Waals surface area (Å²) in [7, 11) is 0. The third-order valence-electron chi connectivity index (χ3n) is 4.33. The summed E-state index contributed by atoms with van der Waals surface area (Å²) in [6.45, 7) is 3.85. The number of carbonyl (C=O) groups excluding carboxylic acids is 1. The van der Waals surface area contributed by atoms with E-state index in [2.05, 4.69) is 15.3 Å². The predicted octanol–water partition coefficient (Wildman–Crippen LogP) is 4.26. The highest BCUT2D eigenvalue weighted by Crippen LogP contribution is 2.32. The monoisotopic (exact) mass is 422 g/mol. The van der Waals surface area contributed by atoms with Crippen molar-refractivity contribution in [3.63, 3.8) is 0 Å². The first-order valence-corrected chi connectivity index (χ1v) is 10.6. The molecule has 0 bridgehead atoms. The number of thiazole rings is 1. The lowest BCUT2D eigenvalue weighted by Crippen LogP contribution is -2.28. The van der Waals surface area contributed by atoms with Crippen LogP contribution in [0.4, 0.5) is 5.69 Å². The first kappa shape index (κ1) is 19.4. The van der Waals surface area contributed by atoms with E-state index in [0.717, 1.165) is 26.2 Å². The lowest BCUT2D eigenvalue weighted by molar-refractivity contribution is -0.116. The van der Waals surface area contributed by atoms with Gasteiger partial charge in [-0.05, 0) is 49.7 Å². The van der Waals surface area contributed by atoms with Crippen molar-refractivity contribution in [1.82, 2.24) is 14.5 Å². The minimum Gasteiger partial charge on any atom is -0.324 e. The minimum atomic E-state index is -0.305. The zero-order chi connectivity index (χ0) is 20.4. The van der Waals surface area contributed by atoms with Crippen LogP contribution in [0.2, 0.25) is 0 Å². The van der Waals surface area contributed by atoms with Gasteiger partial charge in [0.15, 0.2) is 4.34 Å². The van der Waals surface area contributed by atoms with E-state index < -0.39 is 0 Å². The Kier molecular flexibility index (Phi) is 5.46. The smallest absolute Gasteiger partial charge is 0.269 e. The molecule has 0 unspecified atom stereocenters. The second-order valence-electron chi connectivity index (χ2n) is 6.55. The number of aryl methyl sites for hydroxylation is 2. The molecule has 4 aromatic rings. The van der Waals surface area contributed by atoms with E-state index in [1.54, 1.807) is 29.2 Å². The minimum absolute atomic E-state index is 0.0732. The Balaban J connectivity index is 1.50. The predicted molar refractivity (Wildman–Crippen MR) is 117 cm³/mol. The standard InChI is InChI=1S/C21H18N4O2S2/c1-13-9-15(29-21-23-14(2)12-28-21)7-8-16(13)24-19(26)11-25-18-6-4-3-5-17(18)22-10-20(25)27/h3-10,12H,11H2,1-2H3,(H,24,26). The van der Waals surface area contributed by atoms with Gasteiger partial charge in [-0.3, -0.25) is 14.2 Å². The zero-order valence-corrected chi connectivity index (χ0v) is 17.5. The molecule has 0 saturated carbocycles. The average molecular weight is 423 g/mol. The summed E-state index contributed by atoms with van der Waals surface area (Å²) in [5, 5.41) is 4.93. The molecule has 6 nitrogen and oxygen atoms in total. The van der Waals surface area contributed by atoms with Crippen LogP contribution in [0.25, 0.3) is 11.0 Å². The lowest BCUT2D eigenvalue weighted by atomic mass is 10.2. The summed E-state index contributed by atoms with van der Waals surface area (Å²) in [5.74, 6) is -0.262. The Morgan fingerprint density at radius 2 is 2.03 bits per heavy atom. The van der Waals surface area contributed by atoms with Crippen LogP contribution in [0, 0.1) is 13.8 Å². The van der Waals surface area contributed by atoms with Crippen molar-refractivity contribution < 1.29 is 4.79 Å². The molecule has 2 heterocycles. The summed E-state index contributed by atoms with van der Waals surface area (Å²) >= 11 is 3.21. The van der Waals surface area contributed by atoms with Crippen LogP contribution >= 0.6 is 23.1 Å². The van der Waals surface area contributed by atoms with Gasteiger partial charge in [0.1, 0.15) is 6.54 Å². The largest absolute Gasteiger partial charge is 0.324 e. The Morgan fingerprint density at radius 3 is 2.79 bits per heavy atom. The number of carbonyl (C=O) groups is 1. The molecule has 0 aliphatic carbocycles. The Bertz CT molecular complexity index is 1260. The van der Waals surface area contributed by atoms with Gasteiger partial charge in [0.05, 0.1) is 17.2 Å². The van der Waals surface area contributed by atoms with Crippen LogP contribution in [0.1, 0.15) is 11.3 Å². The molecule has 0 atom stereocenters. The highest BCUT2D eigenvalue weighted by molar-refractivity contribution is 8.01. The third-order valence-corrected chi connectivity index (χ3v) is 6.38. The number of benzene rings is 2. The maximum absolute atomic E-state index is 12.6. The lowest BCUT2D eigenvalue weighted by Gasteiger charge is -2.12. The molecule has 2 aromatic heterocycles. The van der Waals surface area contributed by atoms with E-state index >= 15 is 0 Å². The molecule has 29 heavy (non-hydrogen) atoms. The fraction of sp³-hybridized carbons (Fsp3) is 0.143. The van der Waals surface area contributed by atoms with Crippen LogP contribution in [-0.4, -0.2) is 20.4 Å². The summed E-state index contributed by atoms with van der Waals surface area (Å²) < 4.78 is 2.42. The number of rotatable bonds is 5. The Hall–Kier alpha value is -2.97. The van der Waals surface area contributed by atoms with E-state index in [1.807, 2.05) is 55.6 Å². The molecule has 8 heteroatoms. The highest BCUT2D eigenvalue weighted by Gasteiger charge is 2.11. The molecule has 2 aromatic carbocycles. The normalized spacial score (nSPS) is 11.0. The molecule has 0 aliphatic heterocycles. The van der Waals surface area contributed by atoms with Crippen molar-refractivity contribution in [2.24, 2.45) is 0 Å². The molecule has 1 amide bonds. The second-order valence-corrected chi connectivity index (χ2v) is 8.73. The van der Waals surface area contributed by atoms with Gasteiger partial charge in [-0.25, -0.2) is 9.97 Å². The highest BCUT2D eigenvalue weighted by atomic mass is 32.2. The molecular formula is C21H18N4O2S2. The van der Waals surface area contributed by atoms with Crippen molar-refractivity contribution in [2.45, 2.75) is 29.6 Å². The van der Waals surface area contributed by atoms with Gasteiger partial charge in [0.25, 0.3) is 5.56 Å². The van der Waals surface area contributed by atoms with E-state index in [1.165, 1.54) is 10.8 Å². The summed E-state index contributed by atoms with van der Waals surface area (Å²) in [6.07, 6.45) is 1.24. The molecule has 0 fully saturated rings. The van der Waals surface area contributed by atoms with Gasteiger partial charge in [-0.1, -0.05) is 23.9 Å². The van der Waals surface area contributed by atoms with Crippen LogP contribution in [-0.2, 0) is 11.3 Å². The third kappa shape index (κ3) is 4.38. The molecule has 1 N–H and O–H groups in total. The second kappa shape index (κ2) is 8.18. The van der Waals surface area contributed by atoms with E-state index in [0.29, 0.717) is 11.0 Å². The van der Waals surface area contributed by atoms with Crippen molar-refractivity contribution >= 4 is 45.7 Å². The number of amides is 1. The zero-order valence-electron chi connectivity index (χ0n) is 15.9. The van der Waals surface area contributed by atoms with Crippen LogP contribution in [0.15, 0.2) is 68.1 Å². The van der Waals surface area contributed by atoms with Crippen molar-refractivity contribution in [1.29, 1.82) is 0 Å². The number of aromatic nitrogens is 3. The van der Waals surface area contributed by atoms with Gasteiger partial charge < -0.3 is 5.32 Å². The summed E-state index contributed by atoms with van der Waals surface area (Å²) in [4.78, 5) is 34.5. The van der Waals surface area contributed by atoms with Crippen LogP contribution < -0.4 is 10.9 Å². The average Bonchev–Trinajstić information content (AvgIpc) is 3.11. The Labute approximate surface area is 175 Å². The van der Waals surface area contributed by atoms with Crippen molar-refractivity contribution in [3.05, 3.63) is 75.7 Å². The fourth-order valence-corrected chi connectivity index (χ4v) is 4.84. The quantitative estimate of drug-likeness (QED) is 0.520. The molecule has 0 aliphatic rings. The number of anilines is 1. The maximum atomic E-state index is 12.6. The van der Waals surface area contributed by atoms with Crippen LogP contribution in [0.5, 0.6) is 0 Å². The first-order valence-electron chi connectivity index (χ1n) is 8.95. The molecule has 146 valence electrons. The van der Waals surface area contributed by atoms with E-state index in [9.17, 15) is 9.59 Å².